The number of benzene rings is 1. The van der Waals surface area contributed by atoms with E-state index in [1.54, 1.807) is 26.0 Å². The van der Waals surface area contributed by atoms with E-state index in [1.165, 1.54) is 37.7 Å². The van der Waals surface area contributed by atoms with Crippen LogP contribution in [-0.4, -0.2) is 27.0 Å². The minimum atomic E-state index is 0.113. The highest BCUT2D eigenvalue weighted by atomic mass is 32.2. The van der Waals surface area contributed by atoms with Crippen molar-refractivity contribution >= 4 is 11.8 Å². The Morgan fingerprint density at radius 2 is 1.85 bits per heavy atom. The molecule has 0 amide bonds. The van der Waals surface area contributed by atoms with Crippen molar-refractivity contribution in [2.75, 3.05) is 27.0 Å². The molecule has 112 valence electrons. The molecule has 0 radical (unpaired) electrons. The van der Waals surface area contributed by atoms with E-state index >= 15 is 0 Å². The summed E-state index contributed by atoms with van der Waals surface area (Å²) in [5.74, 6) is 1.64. The van der Waals surface area contributed by atoms with E-state index in [-0.39, 0.29) is 5.41 Å². The van der Waals surface area contributed by atoms with Crippen molar-refractivity contribution < 1.29 is 9.47 Å². The Morgan fingerprint density at radius 1 is 1.15 bits per heavy atom. The Bertz CT molecular complexity index is 431. The van der Waals surface area contributed by atoms with Crippen LogP contribution in [0.4, 0.5) is 0 Å². The van der Waals surface area contributed by atoms with Crippen molar-refractivity contribution in [3.8, 4) is 11.5 Å². The molecule has 1 aliphatic rings. The summed E-state index contributed by atoms with van der Waals surface area (Å²) in [5.41, 5.74) is 7.57. The third-order valence-electron chi connectivity index (χ3n) is 4.48. The lowest BCUT2D eigenvalue weighted by atomic mass is 9.69. The zero-order valence-electron chi connectivity index (χ0n) is 12.7. The van der Waals surface area contributed by atoms with Crippen molar-refractivity contribution in [2.24, 2.45) is 5.73 Å². The number of thioether (sulfide) groups is 1. The summed E-state index contributed by atoms with van der Waals surface area (Å²) in [6.07, 6.45) is 8.27. The van der Waals surface area contributed by atoms with Crippen molar-refractivity contribution in [3.05, 3.63) is 17.7 Å². The summed E-state index contributed by atoms with van der Waals surface area (Å²) >= 11 is 1.69. The fourth-order valence-electron chi connectivity index (χ4n) is 3.23. The second-order valence-corrected chi connectivity index (χ2v) is 6.31. The molecule has 0 aromatic heterocycles. The maximum absolute atomic E-state index is 6.15. The van der Waals surface area contributed by atoms with Crippen LogP contribution in [-0.2, 0) is 5.41 Å². The molecule has 0 aliphatic heterocycles. The summed E-state index contributed by atoms with van der Waals surface area (Å²) < 4.78 is 11.0. The Morgan fingerprint density at radius 3 is 2.35 bits per heavy atom. The summed E-state index contributed by atoms with van der Waals surface area (Å²) in [6, 6.07) is 4.36. The quantitative estimate of drug-likeness (QED) is 0.843. The van der Waals surface area contributed by atoms with Crippen LogP contribution in [0.15, 0.2) is 17.0 Å². The van der Waals surface area contributed by atoms with Gasteiger partial charge in [-0.25, -0.2) is 0 Å². The lowest BCUT2D eigenvalue weighted by molar-refractivity contribution is 0.296. The Labute approximate surface area is 126 Å². The Kier molecular flexibility index (Phi) is 5.22. The monoisotopic (exact) mass is 295 g/mol. The van der Waals surface area contributed by atoms with Crippen molar-refractivity contribution in [3.63, 3.8) is 0 Å². The topological polar surface area (TPSA) is 44.5 Å². The van der Waals surface area contributed by atoms with Gasteiger partial charge in [0.15, 0.2) is 11.5 Å². The minimum Gasteiger partial charge on any atom is -0.493 e. The molecule has 2 N–H and O–H groups in total. The van der Waals surface area contributed by atoms with Gasteiger partial charge in [0.1, 0.15) is 0 Å². The van der Waals surface area contributed by atoms with Gasteiger partial charge in [0, 0.05) is 12.0 Å². The molecule has 1 fully saturated rings. The first-order chi connectivity index (χ1) is 9.70. The van der Waals surface area contributed by atoms with E-state index in [0.29, 0.717) is 6.54 Å². The normalized spacial score (nSPS) is 17.8. The smallest absolute Gasteiger partial charge is 0.174 e. The average molecular weight is 295 g/mol. The van der Waals surface area contributed by atoms with E-state index in [4.69, 9.17) is 15.2 Å². The van der Waals surface area contributed by atoms with Gasteiger partial charge in [0.05, 0.1) is 19.1 Å². The molecule has 0 atom stereocenters. The summed E-state index contributed by atoms with van der Waals surface area (Å²) in [6.45, 7) is 0.705. The second-order valence-electron chi connectivity index (χ2n) is 5.46. The molecule has 2 rings (SSSR count). The first-order valence-electron chi connectivity index (χ1n) is 7.21. The first-order valence-corrected chi connectivity index (χ1v) is 8.44. The highest BCUT2D eigenvalue weighted by molar-refractivity contribution is 7.98. The third-order valence-corrected chi connectivity index (χ3v) is 5.22. The third kappa shape index (κ3) is 2.77. The molecule has 0 saturated heterocycles. The van der Waals surface area contributed by atoms with E-state index < -0.39 is 0 Å². The lowest BCUT2D eigenvalue weighted by Gasteiger charge is -2.37. The van der Waals surface area contributed by atoms with Gasteiger partial charge >= 0.3 is 0 Å². The van der Waals surface area contributed by atoms with E-state index in [0.717, 1.165) is 16.4 Å². The molecular formula is C16H25NO2S. The van der Waals surface area contributed by atoms with Crippen molar-refractivity contribution in [2.45, 2.75) is 42.4 Å². The van der Waals surface area contributed by atoms with Gasteiger partial charge in [-0.05, 0) is 36.8 Å². The van der Waals surface area contributed by atoms with Crippen LogP contribution in [0, 0.1) is 0 Å². The predicted molar refractivity (Wildman–Crippen MR) is 85.1 cm³/mol. The Hall–Kier alpha value is -0.870. The van der Waals surface area contributed by atoms with Crippen molar-refractivity contribution in [1.82, 2.24) is 0 Å². The zero-order valence-corrected chi connectivity index (χ0v) is 13.5. The largest absolute Gasteiger partial charge is 0.493 e. The number of methoxy groups -OCH3 is 2. The summed E-state index contributed by atoms with van der Waals surface area (Å²) in [7, 11) is 3.39. The van der Waals surface area contributed by atoms with Crippen LogP contribution in [0.25, 0.3) is 0 Å². The molecule has 4 heteroatoms. The fraction of sp³-hybridized carbons (Fsp3) is 0.625. The van der Waals surface area contributed by atoms with Crippen LogP contribution in [0.1, 0.15) is 37.7 Å². The first kappa shape index (κ1) is 15.5. The molecule has 1 aliphatic carbocycles. The van der Waals surface area contributed by atoms with E-state index in [2.05, 4.69) is 18.4 Å². The fourth-order valence-corrected chi connectivity index (χ4v) is 3.84. The second kappa shape index (κ2) is 6.72. The van der Waals surface area contributed by atoms with Gasteiger partial charge < -0.3 is 15.2 Å². The zero-order chi connectivity index (χ0) is 14.6. The van der Waals surface area contributed by atoms with Gasteiger partial charge in [-0.1, -0.05) is 19.3 Å². The standard InChI is InChI=1S/C16H25NO2S/c1-18-13-9-12(10-14(20-3)15(13)19-2)16(11-17)7-5-4-6-8-16/h9-10H,4-8,11,17H2,1-3H3. The Balaban J connectivity index is 2.50. The summed E-state index contributed by atoms with van der Waals surface area (Å²) in [4.78, 5) is 1.13. The molecule has 1 aromatic carbocycles. The van der Waals surface area contributed by atoms with Gasteiger partial charge in [-0.15, -0.1) is 11.8 Å². The van der Waals surface area contributed by atoms with Crippen LogP contribution in [0.3, 0.4) is 0 Å². The molecule has 0 spiro atoms. The summed E-state index contributed by atoms with van der Waals surface area (Å²) in [5, 5.41) is 0. The maximum atomic E-state index is 6.15. The molecule has 20 heavy (non-hydrogen) atoms. The average Bonchev–Trinajstić information content (AvgIpc) is 2.53. The maximum Gasteiger partial charge on any atom is 0.174 e. The van der Waals surface area contributed by atoms with Gasteiger partial charge in [0.2, 0.25) is 0 Å². The minimum absolute atomic E-state index is 0.113. The van der Waals surface area contributed by atoms with Crippen LogP contribution in [0.2, 0.25) is 0 Å². The van der Waals surface area contributed by atoms with Gasteiger partial charge in [0.25, 0.3) is 0 Å². The number of rotatable bonds is 5. The molecule has 1 saturated carbocycles. The van der Waals surface area contributed by atoms with Gasteiger partial charge in [-0.3, -0.25) is 0 Å². The highest BCUT2D eigenvalue weighted by Crippen LogP contribution is 2.45. The number of ether oxygens (including phenoxy) is 2. The predicted octanol–water partition coefficient (Wildman–Crippen LogP) is 3.59. The highest BCUT2D eigenvalue weighted by Gasteiger charge is 2.33. The van der Waals surface area contributed by atoms with Gasteiger partial charge in [-0.2, -0.15) is 0 Å². The molecule has 0 unspecified atom stereocenters. The van der Waals surface area contributed by atoms with Crippen LogP contribution in [0.5, 0.6) is 11.5 Å². The molecule has 0 heterocycles. The van der Waals surface area contributed by atoms with Crippen LogP contribution < -0.4 is 15.2 Å². The number of nitrogens with two attached hydrogens (primary N) is 1. The number of hydrogen-bond donors (Lipinski definition) is 1. The molecule has 3 nitrogen and oxygen atoms in total. The van der Waals surface area contributed by atoms with E-state index in [1.807, 2.05) is 0 Å². The van der Waals surface area contributed by atoms with Crippen LogP contribution >= 0.6 is 11.8 Å². The number of hydrogen-bond acceptors (Lipinski definition) is 4. The SMILES string of the molecule is COc1cc(C2(CN)CCCCC2)cc(SC)c1OC. The lowest BCUT2D eigenvalue weighted by Crippen LogP contribution is -2.37. The molecule has 0 bridgehead atoms. The molecule has 1 aromatic rings. The van der Waals surface area contributed by atoms with E-state index in [9.17, 15) is 0 Å². The molecular weight excluding hydrogens is 270 g/mol. The van der Waals surface area contributed by atoms with Crippen molar-refractivity contribution in [1.29, 1.82) is 0 Å².